The number of ketones is 1. The second-order valence-corrected chi connectivity index (χ2v) is 4.84. The molecule has 0 heterocycles. The number of hydrogen-bond acceptors (Lipinski definition) is 3. The number of amides is 1. The van der Waals surface area contributed by atoms with E-state index in [1.165, 1.54) is 24.3 Å². The van der Waals surface area contributed by atoms with Crippen LogP contribution in [0.15, 0.2) is 48.5 Å². The molecule has 4 nitrogen and oxygen atoms in total. The molecule has 0 aliphatic heterocycles. The van der Waals surface area contributed by atoms with Gasteiger partial charge in [-0.05, 0) is 42.0 Å². The van der Waals surface area contributed by atoms with Crippen LogP contribution in [0, 0.1) is 5.82 Å². The van der Waals surface area contributed by atoms with Crippen LogP contribution in [0.1, 0.15) is 28.8 Å². The van der Waals surface area contributed by atoms with Crippen LogP contribution in [0.5, 0.6) is 0 Å². The van der Waals surface area contributed by atoms with Gasteiger partial charge in [-0.3, -0.25) is 9.59 Å². The number of aliphatic hydroxyl groups excluding tert-OH is 1. The molecule has 0 aliphatic carbocycles. The van der Waals surface area contributed by atoms with Crippen LogP contribution in [0.3, 0.4) is 0 Å². The maximum absolute atomic E-state index is 12.8. The molecule has 0 spiro atoms. The van der Waals surface area contributed by atoms with Gasteiger partial charge in [0.15, 0.2) is 5.78 Å². The van der Waals surface area contributed by atoms with E-state index >= 15 is 0 Å². The van der Waals surface area contributed by atoms with Crippen molar-refractivity contribution in [2.24, 2.45) is 0 Å². The van der Waals surface area contributed by atoms with Crippen LogP contribution in [0.2, 0.25) is 0 Å². The number of nitrogens with one attached hydrogen (secondary N) is 1. The van der Waals surface area contributed by atoms with Gasteiger partial charge in [0.05, 0.1) is 6.61 Å². The van der Waals surface area contributed by atoms with Crippen LogP contribution >= 0.6 is 0 Å². The molecular weight excluding hydrogens is 285 g/mol. The van der Waals surface area contributed by atoms with Crippen LogP contribution in [-0.4, -0.2) is 16.8 Å². The van der Waals surface area contributed by atoms with Crippen LogP contribution in [0.4, 0.5) is 10.1 Å². The van der Waals surface area contributed by atoms with Crippen LogP contribution < -0.4 is 5.32 Å². The third-order valence-corrected chi connectivity index (χ3v) is 3.14. The van der Waals surface area contributed by atoms with E-state index in [1.807, 2.05) is 0 Å². The van der Waals surface area contributed by atoms with E-state index in [0.29, 0.717) is 16.8 Å². The van der Waals surface area contributed by atoms with Gasteiger partial charge in [-0.2, -0.15) is 0 Å². The summed E-state index contributed by atoms with van der Waals surface area (Å²) in [6.45, 7) is -0.104. The molecule has 1 amide bonds. The minimum atomic E-state index is -0.405. The summed E-state index contributed by atoms with van der Waals surface area (Å²) in [6.07, 6.45) is 0.0940. The van der Waals surface area contributed by atoms with Crippen molar-refractivity contribution in [2.45, 2.75) is 19.4 Å². The fraction of sp³-hybridized carbons (Fsp3) is 0.176. The Hall–Kier alpha value is -2.53. The molecular formula is C17H16FNO3. The summed E-state index contributed by atoms with van der Waals surface area (Å²) in [5.74, 6) is -0.900. The molecule has 5 heteroatoms. The molecule has 0 bridgehead atoms. The van der Waals surface area contributed by atoms with Gasteiger partial charge in [0, 0.05) is 24.1 Å². The highest BCUT2D eigenvalue weighted by Crippen LogP contribution is 2.12. The van der Waals surface area contributed by atoms with Crippen molar-refractivity contribution >= 4 is 17.4 Å². The first-order valence-electron chi connectivity index (χ1n) is 6.87. The van der Waals surface area contributed by atoms with Gasteiger partial charge in [-0.1, -0.05) is 12.1 Å². The number of carbonyl (C=O) groups excluding carboxylic acids is 2. The van der Waals surface area contributed by atoms with Gasteiger partial charge in [0.25, 0.3) is 0 Å². The van der Waals surface area contributed by atoms with Crippen molar-refractivity contribution in [3.05, 3.63) is 65.5 Å². The maximum Gasteiger partial charge on any atom is 0.224 e. The van der Waals surface area contributed by atoms with E-state index < -0.39 is 5.82 Å². The fourth-order valence-corrected chi connectivity index (χ4v) is 1.98. The smallest absolute Gasteiger partial charge is 0.224 e. The van der Waals surface area contributed by atoms with Crippen LogP contribution in [0.25, 0.3) is 0 Å². The molecule has 2 aromatic carbocycles. The van der Waals surface area contributed by atoms with E-state index in [1.54, 1.807) is 24.3 Å². The number of Topliss-reactive ketones (excluding diaryl/α,β-unsaturated/α-hetero) is 1. The zero-order chi connectivity index (χ0) is 15.9. The summed E-state index contributed by atoms with van der Waals surface area (Å²) in [7, 11) is 0. The topological polar surface area (TPSA) is 66.4 Å². The van der Waals surface area contributed by atoms with Gasteiger partial charge in [-0.25, -0.2) is 4.39 Å². The lowest BCUT2D eigenvalue weighted by Gasteiger charge is -2.06. The molecule has 0 aliphatic rings. The Morgan fingerprint density at radius 3 is 2.45 bits per heavy atom. The lowest BCUT2D eigenvalue weighted by atomic mass is 10.1. The number of aliphatic hydroxyl groups is 1. The van der Waals surface area contributed by atoms with E-state index in [4.69, 9.17) is 5.11 Å². The second-order valence-electron chi connectivity index (χ2n) is 4.84. The van der Waals surface area contributed by atoms with Crippen molar-refractivity contribution < 1.29 is 19.1 Å². The fourth-order valence-electron chi connectivity index (χ4n) is 1.98. The van der Waals surface area contributed by atoms with Crippen molar-refractivity contribution in [3.8, 4) is 0 Å². The van der Waals surface area contributed by atoms with Gasteiger partial charge in [-0.15, -0.1) is 0 Å². The van der Waals surface area contributed by atoms with Crippen molar-refractivity contribution in [3.63, 3.8) is 0 Å². The molecule has 0 saturated heterocycles. The minimum Gasteiger partial charge on any atom is -0.392 e. The Kier molecular flexibility index (Phi) is 5.38. The molecule has 0 fully saturated rings. The average Bonchev–Trinajstić information content (AvgIpc) is 2.53. The number of halogens is 1. The maximum atomic E-state index is 12.8. The van der Waals surface area contributed by atoms with E-state index in [9.17, 15) is 14.0 Å². The Morgan fingerprint density at radius 2 is 1.77 bits per heavy atom. The summed E-state index contributed by atoms with van der Waals surface area (Å²) in [5.41, 5.74) is 1.66. The predicted octanol–water partition coefficient (Wildman–Crippen LogP) is 2.92. The second kappa shape index (κ2) is 7.47. The Labute approximate surface area is 127 Å². The Balaban J connectivity index is 1.87. The highest BCUT2D eigenvalue weighted by Gasteiger charge is 2.10. The van der Waals surface area contributed by atoms with Crippen LogP contribution in [-0.2, 0) is 11.4 Å². The quantitative estimate of drug-likeness (QED) is 0.806. The molecule has 22 heavy (non-hydrogen) atoms. The van der Waals surface area contributed by atoms with Gasteiger partial charge in [0.2, 0.25) is 5.91 Å². The molecule has 2 rings (SSSR count). The largest absolute Gasteiger partial charge is 0.392 e. The summed E-state index contributed by atoms with van der Waals surface area (Å²) >= 11 is 0. The molecule has 0 atom stereocenters. The molecule has 0 radical (unpaired) electrons. The normalized spacial score (nSPS) is 10.3. The van der Waals surface area contributed by atoms with Crippen molar-refractivity contribution in [1.82, 2.24) is 0 Å². The highest BCUT2D eigenvalue weighted by atomic mass is 19.1. The zero-order valence-corrected chi connectivity index (χ0v) is 11.9. The zero-order valence-electron chi connectivity index (χ0n) is 11.9. The number of rotatable bonds is 6. The Bertz CT molecular complexity index is 668. The molecule has 0 unspecified atom stereocenters. The number of anilines is 1. The first-order chi connectivity index (χ1) is 10.6. The molecule has 2 N–H and O–H groups in total. The third kappa shape index (κ3) is 4.49. The first kappa shape index (κ1) is 15.9. The van der Waals surface area contributed by atoms with Crippen molar-refractivity contribution in [2.75, 3.05) is 5.32 Å². The van der Waals surface area contributed by atoms with Gasteiger partial charge < -0.3 is 10.4 Å². The summed E-state index contributed by atoms with van der Waals surface area (Å²) in [4.78, 5) is 23.7. The monoisotopic (exact) mass is 301 g/mol. The summed E-state index contributed by atoms with van der Waals surface area (Å²) < 4.78 is 12.8. The number of hydrogen-bond donors (Lipinski definition) is 2. The lowest BCUT2D eigenvalue weighted by Crippen LogP contribution is -2.13. The number of benzene rings is 2. The standard InChI is InChI=1S/C17H16FNO3/c18-14-6-4-13(5-7-14)16(21)8-9-17(22)19-15-3-1-2-12(10-15)11-20/h1-7,10,20H,8-9,11H2,(H,19,22). The molecule has 0 aromatic heterocycles. The van der Waals surface area contributed by atoms with Gasteiger partial charge in [0.1, 0.15) is 5.82 Å². The molecule has 2 aromatic rings. The SMILES string of the molecule is O=C(CCC(=O)c1ccc(F)cc1)Nc1cccc(CO)c1. The third-order valence-electron chi connectivity index (χ3n) is 3.14. The molecule has 114 valence electrons. The lowest BCUT2D eigenvalue weighted by molar-refractivity contribution is -0.116. The summed E-state index contributed by atoms with van der Waals surface area (Å²) in [5, 5.41) is 11.7. The minimum absolute atomic E-state index is 0.0412. The first-order valence-corrected chi connectivity index (χ1v) is 6.87. The summed E-state index contributed by atoms with van der Waals surface area (Å²) in [6, 6.07) is 12.1. The predicted molar refractivity (Wildman–Crippen MR) is 81.0 cm³/mol. The number of carbonyl (C=O) groups is 2. The highest BCUT2D eigenvalue weighted by molar-refractivity contribution is 5.99. The van der Waals surface area contributed by atoms with Gasteiger partial charge >= 0.3 is 0 Å². The van der Waals surface area contributed by atoms with Crippen molar-refractivity contribution in [1.29, 1.82) is 0 Å². The molecule has 0 saturated carbocycles. The van der Waals surface area contributed by atoms with E-state index in [0.717, 1.165) is 0 Å². The van der Waals surface area contributed by atoms with E-state index in [-0.39, 0.29) is 31.1 Å². The van der Waals surface area contributed by atoms with E-state index in [2.05, 4.69) is 5.32 Å². The Morgan fingerprint density at radius 1 is 1.05 bits per heavy atom. The average molecular weight is 301 g/mol.